The summed E-state index contributed by atoms with van der Waals surface area (Å²) in [6.07, 6.45) is 0. The number of hydrogen-bond acceptors (Lipinski definition) is 3. The van der Waals surface area contributed by atoms with E-state index < -0.39 is 5.82 Å². The minimum Gasteiger partial charge on any atom is -0.508 e. The smallest absolute Gasteiger partial charge is 0.251 e. The summed E-state index contributed by atoms with van der Waals surface area (Å²) >= 11 is 0. The summed E-state index contributed by atoms with van der Waals surface area (Å²) in [5, 5.41) is 14.5. The molecule has 0 bridgehead atoms. The fourth-order valence-electron chi connectivity index (χ4n) is 1.80. The number of carbonyl (C=O) groups is 2. The third-order valence-corrected chi connectivity index (χ3v) is 2.91. The Balaban J connectivity index is 1.76. The Morgan fingerprint density at radius 3 is 2.09 bits per heavy atom. The van der Waals surface area contributed by atoms with Crippen molar-refractivity contribution in [1.82, 2.24) is 10.6 Å². The van der Waals surface area contributed by atoms with Gasteiger partial charge in [0, 0.05) is 24.2 Å². The molecule has 0 aromatic heterocycles. The van der Waals surface area contributed by atoms with Crippen LogP contribution in [0.2, 0.25) is 0 Å². The second kappa shape index (κ2) is 7.21. The molecule has 5 nitrogen and oxygen atoms in total. The summed E-state index contributed by atoms with van der Waals surface area (Å²) < 4.78 is 12.7. The lowest BCUT2D eigenvalue weighted by Crippen LogP contribution is -2.34. The Morgan fingerprint density at radius 2 is 1.50 bits per heavy atom. The standard InChI is InChI=1S/C16H15FN2O3/c17-13-6-4-11(5-7-13)15(21)18-8-9-19-16(22)12-2-1-3-14(20)10-12/h1-7,10,20H,8-9H2,(H,18,21)(H,19,22). The maximum Gasteiger partial charge on any atom is 0.251 e. The number of nitrogens with one attached hydrogen (secondary N) is 2. The summed E-state index contributed by atoms with van der Waals surface area (Å²) in [4.78, 5) is 23.5. The zero-order valence-corrected chi connectivity index (χ0v) is 11.7. The number of aromatic hydroxyl groups is 1. The lowest BCUT2D eigenvalue weighted by Gasteiger charge is -2.07. The fraction of sp³-hybridized carbons (Fsp3) is 0.125. The summed E-state index contributed by atoms with van der Waals surface area (Å²) in [6.45, 7) is 0.474. The highest BCUT2D eigenvalue weighted by Crippen LogP contribution is 2.10. The van der Waals surface area contributed by atoms with Crippen LogP contribution in [0, 0.1) is 5.82 Å². The fourth-order valence-corrected chi connectivity index (χ4v) is 1.80. The highest BCUT2D eigenvalue weighted by Gasteiger charge is 2.07. The highest BCUT2D eigenvalue weighted by molar-refractivity contribution is 5.95. The monoisotopic (exact) mass is 302 g/mol. The lowest BCUT2D eigenvalue weighted by atomic mass is 10.2. The number of phenols is 1. The molecule has 2 aromatic carbocycles. The largest absolute Gasteiger partial charge is 0.508 e. The average Bonchev–Trinajstić information content (AvgIpc) is 2.51. The molecule has 22 heavy (non-hydrogen) atoms. The predicted molar refractivity (Wildman–Crippen MR) is 79.2 cm³/mol. The van der Waals surface area contributed by atoms with Crippen molar-refractivity contribution in [1.29, 1.82) is 0 Å². The first-order valence-electron chi connectivity index (χ1n) is 6.67. The van der Waals surface area contributed by atoms with Crippen LogP contribution in [0.3, 0.4) is 0 Å². The van der Waals surface area contributed by atoms with Gasteiger partial charge in [-0.2, -0.15) is 0 Å². The van der Waals surface area contributed by atoms with Crippen LogP contribution in [-0.4, -0.2) is 30.0 Å². The number of benzene rings is 2. The molecular weight excluding hydrogens is 287 g/mol. The second-order valence-electron chi connectivity index (χ2n) is 4.57. The molecule has 0 aliphatic rings. The van der Waals surface area contributed by atoms with Gasteiger partial charge < -0.3 is 15.7 Å². The van der Waals surface area contributed by atoms with E-state index in [4.69, 9.17) is 0 Å². The maximum absolute atomic E-state index is 12.7. The molecule has 0 aliphatic carbocycles. The van der Waals surface area contributed by atoms with Gasteiger partial charge in [0.05, 0.1) is 0 Å². The van der Waals surface area contributed by atoms with E-state index in [9.17, 15) is 19.1 Å². The third kappa shape index (κ3) is 4.31. The number of phenolic OH excluding ortho intramolecular Hbond substituents is 1. The van der Waals surface area contributed by atoms with Crippen LogP contribution < -0.4 is 10.6 Å². The van der Waals surface area contributed by atoms with Crippen molar-refractivity contribution in [3.05, 3.63) is 65.5 Å². The van der Waals surface area contributed by atoms with Gasteiger partial charge in [0.1, 0.15) is 11.6 Å². The number of carbonyl (C=O) groups excluding carboxylic acids is 2. The molecule has 6 heteroatoms. The maximum atomic E-state index is 12.7. The average molecular weight is 302 g/mol. The van der Waals surface area contributed by atoms with Crippen LogP contribution in [0.4, 0.5) is 4.39 Å². The molecule has 0 spiro atoms. The molecular formula is C16H15FN2O3. The van der Waals surface area contributed by atoms with E-state index in [0.717, 1.165) is 0 Å². The van der Waals surface area contributed by atoms with Gasteiger partial charge >= 0.3 is 0 Å². The van der Waals surface area contributed by atoms with Gasteiger partial charge in [-0.3, -0.25) is 9.59 Å². The molecule has 114 valence electrons. The van der Waals surface area contributed by atoms with Gasteiger partial charge in [-0.1, -0.05) is 6.07 Å². The lowest BCUT2D eigenvalue weighted by molar-refractivity contribution is 0.0927. The highest BCUT2D eigenvalue weighted by atomic mass is 19.1. The summed E-state index contributed by atoms with van der Waals surface area (Å²) in [6, 6.07) is 11.2. The van der Waals surface area contributed by atoms with Crippen molar-refractivity contribution < 1.29 is 19.1 Å². The molecule has 0 heterocycles. The van der Waals surface area contributed by atoms with Crippen molar-refractivity contribution in [2.75, 3.05) is 13.1 Å². The Bertz CT molecular complexity index is 671. The number of rotatable bonds is 5. The van der Waals surface area contributed by atoms with Gasteiger partial charge in [0.25, 0.3) is 11.8 Å². The van der Waals surface area contributed by atoms with E-state index in [1.807, 2.05) is 0 Å². The minimum atomic E-state index is -0.407. The van der Waals surface area contributed by atoms with Crippen molar-refractivity contribution in [3.8, 4) is 5.75 Å². The Labute approximate surface area is 126 Å². The van der Waals surface area contributed by atoms with E-state index in [1.165, 1.54) is 36.4 Å². The van der Waals surface area contributed by atoms with Crippen molar-refractivity contribution in [3.63, 3.8) is 0 Å². The van der Waals surface area contributed by atoms with Crippen LogP contribution in [0.25, 0.3) is 0 Å². The van der Waals surface area contributed by atoms with Crippen LogP contribution in [-0.2, 0) is 0 Å². The minimum absolute atomic E-state index is 0.0114. The summed E-state index contributed by atoms with van der Waals surface area (Å²) in [7, 11) is 0. The predicted octanol–water partition coefficient (Wildman–Crippen LogP) is 1.69. The molecule has 0 saturated heterocycles. The van der Waals surface area contributed by atoms with E-state index in [-0.39, 0.29) is 30.7 Å². The molecule has 3 N–H and O–H groups in total. The first-order chi connectivity index (χ1) is 10.6. The van der Waals surface area contributed by atoms with Crippen molar-refractivity contribution >= 4 is 11.8 Å². The number of amides is 2. The van der Waals surface area contributed by atoms with Gasteiger partial charge in [-0.25, -0.2) is 4.39 Å². The topological polar surface area (TPSA) is 78.4 Å². The summed E-state index contributed by atoms with van der Waals surface area (Å²) in [5.41, 5.74) is 0.686. The third-order valence-electron chi connectivity index (χ3n) is 2.91. The zero-order chi connectivity index (χ0) is 15.9. The molecule has 0 radical (unpaired) electrons. The van der Waals surface area contributed by atoms with Crippen LogP contribution in [0.15, 0.2) is 48.5 Å². The van der Waals surface area contributed by atoms with E-state index in [2.05, 4.69) is 10.6 Å². The van der Waals surface area contributed by atoms with E-state index in [1.54, 1.807) is 12.1 Å². The van der Waals surface area contributed by atoms with E-state index in [0.29, 0.717) is 11.1 Å². The second-order valence-corrected chi connectivity index (χ2v) is 4.57. The zero-order valence-electron chi connectivity index (χ0n) is 11.7. The Hall–Kier alpha value is -2.89. The van der Waals surface area contributed by atoms with Gasteiger partial charge in [0.15, 0.2) is 0 Å². The van der Waals surface area contributed by atoms with E-state index >= 15 is 0 Å². The molecule has 2 amide bonds. The van der Waals surface area contributed by atoms with Gasteiger partial charge in [-0.05, 0) is 42.5 Å². The summed E-state index contributed by atoms with van der Waals surface area (Å²) in [5.74, 6) is -1.08. The molecule has 2 rings (SSSR count). The van der Waals surface area contributed by atoms with Gasteiger partial charge in [-0.15, -0.1) is 0 Å². The SMILES string of the molecule is O=C(NCCNC(=O)c1cccc(O)c1)c1ccc(F)cc1. The van der Waals surface area contributed by atoms with Crippen LogP contribution in [0.5, 0.6) is 5.75 Å². The molecule has 0 atom stereocenters. The quantitative estimate of drug-likeness (QED) is 0.735. The molecule has 0 saturated carbocycles. The van der Waals surface area contributed by atoms with Crippen LogP contribution >= 0.6 is 0 Å². The first kappa shape index (κ1) is 15.5. The van der Waals surface area contributed by atoms with Crippen LogP contribution in [0.1, 0.15) is 20.7 Å². The molecule has 0 fully saturated rings. The molecule has 2 aromatic rings. The van der Waals surface area contributed by atoms with Crippen molar-refractivity contribution in [2.24, 2.45) is 0 Å². The van der Waals surface area contributed by atoms with Crippen molar-refractivity contribution in [2.45, 2.75) is 0 Å². The Kier molecular flexibility index (Phi) is 5.08. The Morgan fingerprint density at radius 1 is 0.909 bits per heavy atom. The normalized spacial score (nSPS) is 10.0. The molecule has 0 unspecified atom stereocenters. The number of hydrogen-bond donors (Lipinski definition) is 3. The van der Waals surface area contributed by atoms with Gasteiger partial charge in [0.2, 0.25) is 0 Å². The number of halogens is 1. The first-order valence-corrected chi connectivity index (χ1v) is 6.67. The molecule has 0 aliphatic heterocycles.